The number of carbonyl (C=O) groups excluding carboxylic acids is 1. The maximum absolute atomic E-state index is 14.1. The summed E-state index contributed by atoms with van der Waals surface area (Å²) in [5.74, 6) is 0.603. The van der Waals surface area contributed by atoms with E-state index in [2.05, 4.69) is 45.5 Å². The van der Waals surface area contributed by atoms with E-state index in [9.17, 15) is 14.4 Å². The third-order valence-electron chi connectivity index (χ3n) is 11.0. The van der Waals surface area contributed by atoms with Crippen molar-refractivity contribution in [1.82, 2.24) is 14.8 Å². The van der Waals surface area contributed by atoms with E-state index >= 15 is 0 Å². The molecule has 0 aliphatic carbocycles. The predicted molar refractivity (Wildman–Crippen MR) is 175 cm³/mol. The zero-order chi connectivity index (χ0) is 31.4. The van der Waals surface area contributed by atoms with Gasteiger partial charge in [0, 0.05) is 30.1 Å². The summed E-state index contributed by atoms with van der Waals surface area (Å²) in [5.41, 5.74) is 5.88. The van der Waals surface area contributed by atoms with E-state index in [1.54, 1.807) is 0 Å². The minimum atomic E-state index is -1.00. The summed E-state index contributed by atoms with van der Waals surface area (Å²) in [7, 11) is 0. The number of rotatable bonds is 6. The second kappa shape index (κ2) is 11.9. The van der Waals surface area contributed by atoms with Gasteiger partial charge in [-0.15, -0.1) is 11.8 Å². The van der Waals surface area contributed by atoms with Gasteiger partial charge in [0.05, 0.1) is 53.7 Å². The quantitative estimate of drug-likeness (QED) is 0.409. The lowest BCUT2D eigenvalue weighted by Gasteiger charge is -2.50. The van der Waals surface area contributed by atoms with E-state index in [1.807, 2.05) is 11.8 Å². The molecule has 3 saturated heterocycles. The molecule has 6 aliphatic heterocycles. The largest absolute Gasteiger partial charge is 0.484 e. The number of nitriles is 1. The van der Waals surface area contributed by atoms with Crippen LogP contribution in [0.3, 0.4) is 0 Å². The Bertz CT molecular complexity index is 1600. The smallest absolute Gasteiger partial charge is 0.282 e. The molecule has 11 heteroatoms. The number of ether oxygens (including phenoxy) is 2. The predicted octanol–water partition coefficient (Wildman–Crippen LogP) is 4.86. The molecule has 8 rings (SSSR count). The molecular weight excluding hydrogens is 603 g/mol. The van der Waals surface area contributed by atoms with Crippen LogP contribution in [0.1, 0.15) is 55.3 Å². The van der Waals surface area contributed by atoms with Crippen LogP contribution in [0.4, 0.5) is 15.8 Å². The van der Waals surface area contributed by atoms with Crippen molar-refractivity contribution in [2.45, 2.75) is 80.4 Å². The number of piperazine rings is 1. The average molecular weight is 645 g/mol. The van der Waals surface area contributed by atoms with Crippen LogP contribution < -0.4 is 19.3 Å². The van der Waals surface area contributed by atoms with Gasteiger partial charge < -0.3 is 24.2 Å². The first-order chi connectivity index (χ1) is 22.5. The number of pyridine rings is 1. The number of aryl methyl sites for hydroxylation is 1. The molecule has 0 radical (unpaired) electrons. The number of hydrogen-bond acceptors (Lipinski definition) is 9. The highest BCUT2D eigenvalue weighted by Gasteiger charge is 2.47. The lowest BCUT2D eigenvalue weighted by molar-refractivity contribution is -0.132. The molecule has 1 amide bonds. The van der Waals surface area contributed by atoms with Crippen molar-refractivity contribution >= 4 is 29.0 Å². The van der Waals surface area contributed by atoms with Crippen LogP contribution in [-0.4, -0.2) is 90.0 Å². The fourth-order valence-corrected chi connectivity index (χ4v) is 9.96. The topological polar surface area (TPSA) is 85.2 Å². The highest BCUT2D eigenvalue weighted by atomic mass is 32.2. The highest BCUT2D eigenvalue weighted by Crippen LogP contribution is 2.49. The summed E-state index contributed by atoms with van der Waals surface area (Å²) in [6.07, 6.45) is 7.90. The molecule has 0 spiro atoms. The standard InChI is InChI=1S/C35H41FN6O3S/c1-23(36)34(43)42-19-26-21-44-31-30(41(26)18-25(42)9-13-37)27-10-16-39(29-8-2-6-24-7-3-17-46-32(24)29)20-28(27)38-33(31)45-22-35-11-4-14-40(35)15-5-12-35/h2,6,8,25-26H,1,3-5,7,9-12,14-22H2/t25-,26?/m0/s1. The van der Waals surface area contributed by atoms with E-state index < -0.39 is 17.8 Å². The lowest BCUT2D eigenvalue weighted by Crippen LogP contribution is -2.63. The summed E-state index contributed by atoms with van der Waals surface area (Å²) in [5, 5.41) is 9.67. The van der Waals surface area contributed by atoms with Crippen molar-refractivity contribution in [1.29, 1.82) is 5.26 Å². The fourth-order valence-electron chi connectivity index (χ4n) is 8.77. The van der Waals surface area contributed by atoms with Gasteiger partial charge in [-0.05, 0) is 75.4 Å². The molecule has 0 saturated carbocycles. The first-order valence-corrected chi connectivity index (χ1v) is 17.8. The Morgan fingerprint density at radius 1 is 1.20 bits per heavy atom. The molecule has 7 heterocycles. The van der Waals surface area contributed by atoms with Gasteiger partial charge in [-0.25, -0.2) is 9.37 Å². The maximum Gasteiger partial charge on any atom is 0.282 e. The zero-order valence-electron chi connectivity index (χ0n) is 26.3. The molecule has 3 fully saturated rings. The highest BCUT2D eigenvalue weighted by molar-refractivity contribution is 7.99. The van der Waals surface area contributed by atoms with Gasteiger partial charge in [-0.3, -0.25) is 9.69 Å². The molecule has 46 heavy (non-hydrogen) atoms. The van der Waals surface area contributed by atoms with Gasteiger partial charge in [0.15, 0.2) is 5.83 Å². The number of anilines is 2. The number of halogens is 1. The third-order valence-corrected chi connectivity index (χ3v) is 12.3. The molecule has 2 aromatic rings. The molecule has 6 aliphatic rings. The number of amides is 1. The maximum atomic E-state index is 14.1. The minimum absolute atomic E-state index is 0.0622. The third kappa shape index (κ3) is 5.00. The second-order valence-electron chi connectivity index (χ2n) is 13.6. The first-order valence-electron chi connectivity index (χ1n) is 16.8. The zero-order valence-corrected chi connectivity index (χ0v) is 27.1. The van der Waals surface area contributed by atoms with Crippen LogP contribution >= 0.6 is 11.8 Å². The van der Waals surface area contributed by atoms with Gasteiger partial charge in [0.1, 0.15) is 13.2 Å². The molecule has 1 unspecified atom stereocenters. The lowest BCUT2D eigenvalue weighted by atomic mass is 9.95. The van der Waals surface area contributed by atoms with E-state index in [4.69, 9.17) is 14.5 Å². The number of hydrogen-bond donors (Lipinski definition) is 0. The molecule has 0 N–H and O–H groups in total. The summed E-state index contributed by atoms with van der Waals surface area (Å²) in [6, 6.07) is 8.26. The fraction of sp³-hybridized carbons (Fsp3) is 0.571. The van der Waals surface area contributed by atoms with Crippen molar-refractivity contribution in [2.24, 2.45) is 0 Å². The number of nitrogens with zero attached hydrogens (tertiary/aromatic N) is 6. The first kappa shape index (κ1) is 29.9. The second-order valence-corrected chi connectivity index (χ2v) is 14.7. The van der Waals surface area contributed by atoms with Crippen molar-refractivity contribution in [2.75, 3.05) is 61.5 Å². The van der Waals surface area contributed by atoms with Crippen LogP contribution in [0.5, 0.6) is 11.6 Å². The Hall–Kier alpha value is -3.49. The molecule has 1 aromatic carbocycles. The summed E-state index contributed by atoms with van der Waals surface area (Å²) in [4.78, 5) is 28.2. The summed E-state index contributed by atoms with van der Waals surface area (Å²) < 4.78 is 27.3. The van der Waals surface area contributed by atoms with Crippen molar-refractivity contribution in [3.63, 3.8) is 0 Å². The van der Waals surface area contributed by atoms with Crippen molar-refractivity contribution in [3.05, 3.63) is 47.4 Å². The monoisotopic (exact) mass is 644 g/mol. The van der Waals surface area contributed by atoms with E-state index in [-0.39, 0.29) is 24.5 Å². The number of fused-ring (bicyclic) bond motifs is 7. The van der Waals surface area contributed by atoms with Crippen LogP contribution in [0.2, 0.25) is 0 Å². The van der Waals surface area contributed by atoms with Crippen LogP contribution in [-0.2, 0) is 24.2 Å². The Balaban J connectivity index is 1.17. The summed E-state index contributed by atoms with van der Waals surface area (Å²) in [6.45, 7) is 8.60. The van der Waals surface area contributed by atoms with E-state index in [0.717, 1.165) is 68.0 Å². The van der Waals surface area contributed by atoms with Gasteiger partial charge in [0.2, 0.25) is 5.75 Å². The van der Waals surface area contributed by atoms with E-state index in [0.29, 0.717) is 37.9 Å². The number of thioether (sulfide) groups is 1. The Morgan fingerprint density at radius 2 is 2.04 bits per heavy atom. The van der Waals surface area contributed by atoms with Gasteiger partial charge in [-0.1, -0.05) is 18.7 Å². The Morgan fingerprint density at radius 3 is 2.85 bits per heavy atom. The molecule has 2 atom stereocenters. The normalized spacial score (nSPS) is 24.6. The van der Waals surface area contributed by atoms with Crippen LogP contribution in [0, 0.1) is 11.3 Å². The number of benzene rings is 1. The summed E-state index contributed by atoms with van der Waals surface area (Å²) >= 11 is 1.96. The number of carbonyl (C=O) groups is 1. The van der Waals surface area contributed by atoms with Crippen LogP contribution in [0.25, 0.3) is 0 Å². The Labute approximate surface area is 274 Å². The molecule has 9 nitrogen and oxygen atoms in total. The number of aromatic nitrogens is 1. The minimum Gasteiger partial charge on any atom is -0.484 e. The van der Waals surface area contributed by atoms with Gasteiger partial charge >= 0.3 is 0 Å². The van der Waals surface area contributed by atoms with Crippen molar-refractivity contribution < 1.29 is 18.7 Å². The van der Waals surface area contributed by atoms with Crippen molar-refractivity contribution in [3.8, 4) is 17.7 Å². The molecule has 242 valence electrons. The van der Waals surface area contributed by atoms with E-state index in [1.165, 1.54) is 40.3 Å². The van der Waals surface area contributed by atoms with Gasteiger partial charge in [-0.2, -0.15) is 5.26 Å². The Kier molecular flexibility index (Phi) is 7.76. The molecule has 1 aromatic heterocycles. The van der Waals surface area contributed by atoms with Crippen LogP contribution in [0.15, 0.2) is 35.5 Å². The molecule has 0 bridgehead atoms. The van der Waals surface area contributed by atoms with Gasteiger partial charge in [0.25, 0.3) is 11.8 Å². The average Bonchev–Trinajstić information content (AvgIpc) is 3.66. The molecular formula is C35H41FN6O3S. The SMILES string of the molecule is C=C(F)C(=O)N1CC2COc3c(OCC45CCCN4CCC5)nc4c(c3N2C[C@@H]1CC#N)CCN(c1cccc2c1SCCC2)C4.